The molecule has 14 heavy (non-hydrogen) atoms. The molecule has 0 aliphatic heterocycles. The van der Waals surface area contributed by atoms with Gasteiger partial charge in [-0.1, -0.05) is 11.6 Å². The van der Waals surface area contributed by atoms with E-state index in [0.29, 0.717) is 6.42 Å². The second-order valence-corrected chi connectivity index (χ2v) is 3.52. The number of halogens is 1. The molecule has 74 valence electrons. The summed E-state index contributed by atoms with van der Waals surface area (Å²) >= 11 is 6.01. The fourth-order valence-corrected chi connectivity index (χ4v) is 1.47. The lowest BCUT2D eigenvalue weighted by Gasteiger charge is -2.09. The highest BCUT2D eigenvalue weighted by Gasteiger charge is 2.05. The van der Waals surface area contributed by atoms with E-state index in [1.165, 1.54) is 0 Å². The summed E-state index contributed by atoms with van der Waals surface area (Å²) in [6, 6.07) is 3.86. The van der Waals surface area contributed by atoms with Gasteiger partial charge in [-0.05, 0) is 36.6 Å². The lowest BCUT2D eigenvalue weighted by molar-refractivity contribution is 0.409. The number of terminal acetylenes is 1. The minimum absolute atomic E-state index is 0.704. The van der Waals surface area contributed by atoms with Crippen LogP contribution in [0.3, 0.4) is 0 Å². The average Bonchev–Trinajstić information content (AvgIpc) is 2.19. The fourth-order valence-electron chi connectivity index (χ4n) is 1.29. The van der Waals surface area contributed by atoms with Gasteiger partial charge in [-0.15, -0.1) is 12.3 Å². The van der Waals surface area contributed by atoms with Crippen LogP contribution in [-0.4, -0.2) is 7.11 Å². The SMILES string of the molecule is C#CCCc1cc(Cl)c(C)cc1OC. The summed E-state index contributed by atoms with van der Waals surface area (Å²) in [5.74, 6) is 3.47. The van der Waals surface area contributed by atoms with Gasteiger partial charge in [0, 0.05) is 11.4 Å². The second-order valence-electron chi connectivity index (χ2n) is 3.12. The Bertz CT molecular complexity index is 363. The number of methoxy groups -OCH3 is 1. The van der Waals surface area contributed by atoms with E-state index in [4.69, 9.17) is 22.8 Å². The Morgan fingerprint density at radius 3 is 2.79 bits per heavy atom. The molecule has 0 amide bonds. The highest BCUT2D eigenvalue weighted by Crippen LogP contribution is 2.27. The molecule has 0 radical (unpaired) electrons. The van der Waals surface area contributed by atoms with Gasteiger partial charge in [-0.25, -0.2) is 0 Å². The van der Waals surface area contributed by atoms with Crippen LogP contribution in [-0.2, 0) is 6.42 Å². The Morgan fingerprint density at radius 1 is 1.50 bits per heavy atom. The molecular formula is C12H13ClO. The van der Waals surface area contributed by atoms with Gasteiger partial charge in [0.1, 0.15) is 5.75 Å². The van der Waals surface area contributed by atoms with Gasteiger partial charge in [0.2, 0.25) is 0 Å². The summed E-state index contributed by atoms with van der Waals surface area (Å²) < 4.78 is 5.25. The monoisotopic (exact) mass is 208 g/mol. The number of hydrogen-bond acceptors (Lipinski definition) is 1. The van der Waals surface area contributed by atoms with Gasteiger partial charge in [0.25, 0.3) is 0 Å². The highest BCUT2D eigenvalue weighted by atomic mass is 35.5. The summed E-state index contributed by atoms with van der Waals surface area (Å²) in [6.07, 6.45) is 6.72. The first-order valence-electron chi connectivity index (χ1n) is 4.45. The van der Waals surface area contributed by atoms with Crippen LogP contribution in [0.4, 0.5) is 0 Å². The lowest BCUT2D eigenvalue weighted by atomic mass is 10.1. The minimum atomic E-state index is 0.704. The Kier molecular flexibility index (Phi) is 3.85. The zero-order valence-corrected chi connectivity index (χ0v) is 9.19. The predicted octanol–water partition coefficient (Wildman–Crippen LogP) is 3.22. The van der Waals surface area contributed by atoms with E-state index in [0.717, 1.165) is 28.3 Å². The lowest BCUT2D eigenvalue weighted by Crippen LogP contribution is -1.93. The van der Waals surface area contributed by atoms with Crippen LogP contribution in [0.5, 0.6) is 5.75 Å². The van der Waals surface area contributed by atoms with Crippen molar-refractivity contribution in [3.63, 3.8) is 0 Å². The van der Waals surface area contributed by atoms with Crippen molar-refractivity contribution < 1.29 is 4.74 Å². The zero-order chi connectivity index (χ0) is 10.6. The van der Waals surface area contributed by atoms with Crippen molar-refractivity contribution in [1.29, 1.82) is 0 Å². The zero-order valence-electron chi connectivity index (χ0n) is 8.43. The van der Waals surface area contributed by atoms with Crippen LogP contribution < -0.4 is 4.74 Å². The summed E-state index contributed by atoms with van der Waals surface area (Å²) in [4.78, 5) is 0. The van der Waals surface area contributed by atoms with Crippen molar-refractivity contribution in [3.05, 3.63) is 28.3 Å². The molecule has 1 aromatic rings. The largest absolute Gasteiger partial charge is 0.496 e. The molecule has 0 saturated carbocycles. The van der Waals surface area contributed by atoms with Crippen LogP contribution in [0.25, 0.3) is 0 Å². The molecule has 0 atom stereocenters. The molecule has 0 unspecified atom stereocenters. The van der Waals surface area contributed by atoms with Crippen molar-refractivity contribution in [2.75, 3.05) is 7.11 Å². The molecule has 1 rings (SSSR count). The van der Waals surface area contributed by atoms with Gasteiger partial charge in [0.05, 0.1) is 7.11 Å². The number of benzene rings is 1. The van der Waals surface area contributed by atoms with Crippen LogP contribution in [0.1, 0.15) is 17.5 Å². The van der Waals surface area contributed by atoms with Crippen molar-refractivity contribution in [2.45, 2.75) is 19.8 Å². The van der Waals surface area contributed by atoms with E-state index in [9.17, 15) is 0 Å². The molecule has 0 aromatic heterocycles. The first kappa shape index (κ1) is 10.9. The molecule has 0 aliphatic carbocycles. The van der Waals surface area contributed by atoms with Crippen LogP contribution >= 0.6 is 11.6 Å². The predicted molar refractivity (Wildman–Crippen MR) is 59.9 cm³/mol. The molecule has 1 aromatic carbocycles. The molecule has 0 fully saturated rings. The third kappa shape index (κ3) is 2.43. The maximum absolute atomic E-state index is 6.01. The summed E-state index contributed by atoms with van der Waals surface area (Å²) in [7, 11) is 1.65. The number of hydrogen-bond donors (Lipinski definition) is 0. The molecule has 0 bridgehead atoms. The van der Waals surface area contributed by atoms with E-state index in [-0.39, 0.29) is 0 Å². The third-order valence-electron chi connectivity index (χ3n) is 2.10. The van der Waals surface area contributed by atoms with Crippen molar-refractivity contribution in [1.82, 2.24) is 0 Å². The van der Waals surface area contributed by atoms with Gasteiger partial charge < -0.3 is 4.74 Å². The van der Waals surface area contributed by atoms with Gasteiger partial charge in [0.15, 0.2) is 0 Å². The first-order chi connectivity index (χ1) is 6.69. The van der Waals surface area contributed by atoms with E-state index >= 15 is 0 Å². The van der Waals surface area contributed by atoms with Crippen LogP contribution in [0.2, 0.25) is 5.02 Å². The van der Waals surface area contributed by atoms with Crippen molar-refractivity contribution in [3.8, 4) is 18.1 Å². The Labute approximate surface area is 90.0 Å². The van der Waals surface area contributed by atoms with Gasteiger partial charge >= 0.3 is 0 Å². The molecule has 0 saturated heterocycles. The molecule has 0 aliphatic rings. The maximum Gasteiger partial charge on any atom is 0.122 e. The van der Waals surface area contributed by atoms with Crippen molar-refractivity contribution >= 4 is 11.6 Å². The topological polar surface area (TPSA) is 9.23 Å². The van der Waals surface area contributed by atoms with Gasteiger partial charge in [-0.3, -0.25) is 0 Å². The average molecular weight is 209 g/mol. The fraction of sp³-hybridized carbons (Fsp3) is 0.333. The normalized spacial score (nSPS) is 9.57. The summed E-state index contributed by atoms with van der Waals surface area (Å²) in [6.45, 7) is 1.95. The Morgan fingerprint density at radius 2 is 2.21 bits per heavy atom. The summed E-state index contributed by atoms with van der Waals surface area (Å²) in [5, 5.41) is 0.762. The Balaban J connectivity index is 3.02. The van der Waals surface area contributed by atoms with E-state index in [1.807, 2.05) is 19.1 Å². The minimum Gasteiger partial charge on any atom is -0.496 e. The molecular weight excluding hydrogens is 196 g/mol. The van der Waals surface area contributed by atoms with Gasteiger partial charge in [-0.2, -0.15) is 0 Å². The Hall–Kier alpha value is -1.13. The van der Waals surface area contributed by atoms with Crippen LogP contribution in [0.15, 0.2) is 12.1 Å². The molecule has 1 nitrogen and oxygen atoms in total. The van der Waals surface area contributed by atoms with Crippen molar-refractivity contribution in [2.24, 2.45) is 0 Å². The van der Waals surface area contributed by atoms with E-state index in [2.05, 4.69) is 5.92 Å². The first-order valence-corrected chi connectivity index (χ1v) is 4.83. The molecule has 0 spiro atoms. The highest BCUT2D eigenvalue weighted by molar-refractivity contribution is 6.31. The smallest absolute Gasteiger partial charge is 0.122 e. The second kappa shape index (κ2) is 4.93. The molecule has 0 heterocycles. The number of rotatable bonds is 3. The maximum atomic E-state index is 6.01. The van der Waals surface area contributed by atoms with E-state index in [1.54, 1.807) is 7.11 Å². The number of aryl methyl sites for hydroxylation is 2. The quantitative estimate of drug-likeness (QED) is 0.694. The standard InChI is InChI=1S/C12H13ClO/c1-4-5-6-10-8-11(13)9(2)7-12(10)14-3/h1,7-8H,5-6H2,2-3H3. The third-order valence-corrected chi connectivity index (χ3v) is 2.51. The summed E-state index contributed by atoms with van der Waals surface area (Å²) in [5.41, 5.74) is 2.09. The van der Waals surface area contributed by atoms with E-state index < -0.39 is 0 Å². The molecule has 2 heteroatoms. The molecule has 0 N–H and O–H groups in total. The van der Waals surface area contributed by atoms with Crippen LogP contribution in [0, 0.1) is 19.3 Å². The number of ether oxygens (including phenoxy) is 1.